The Kier molecular flexibility index (Phi) is 6.63. The molecular weight excluding hydrogens is 326 g/mol. The van der Waals surface area contributed by atoms with Gasteiger partial charge in [0, 0.05) is 16.8 Å². The van der Waals surface area contributed by atoms with E-state index in [1.165, 1.54) is 0 Å². The van der Waals surface area contributed by atoms with Crippen LogP contribution in [0.4, 0.5) is 5.69 Å². The lowest BCUT2D eigenvalue weighted by atomic mass is 10.1. The molecule has 2 aromatic rings. The summed E-state index contributed by atoms with van der Waals surface area (Å²) in [6, 6.07) is 14.7. The fourth-order valence-corrected chi connectivity index (χ4v) is 2.20. The van der Waals surface area contributed by atoms with Gasteiger partial charge >= 0.3 is 0 Å². The Hall–Kier alpha value is -2.53. The predicted molar refractivity (Wildman–Crippen MR) is 97.9 cm³/mol. The van der Waals surface area contributed by atoms with Crippen molar-refractivity contribution in [3.8, 4) is 5.75 Å². The van der Waals surface area contributed by atoms with Crippen LogP contribution >= 0.6 is 11.6 Å². The van der Waals surface area contributed by atoms with Crippen molar-refractivity contribution in [2.75, 3.05) is 19.0 Å². The van der Waals surface area contributed by atoms with Gasteiger partial charge in [-0.2, -0.15) is 5.10 Å². The quantitative estimate of drug-likeness (QED) is 0.594. The van der Waals surface area contributed by atoms with Crippen LogP contribution in [0.5, 0.6) is 5.75 Å². The van der Waals surface area contributed by atoms with E-state index in [2.05, 4.69) is 15.8 Å². The van der Waals surface area contributed by atoms with Crippen LogP contribution in [0.25, 0.3) is 0 Å². The maximum atomic E-state index is 11.9. The van der Waals surface area contributed by atoms with Crippen molar-refractivity contribution in [3.63, 3.8) is 0 Å². The number of halogens is 1. The average molecular weight is 346 g/mol. The first kappa shape index (κ1) is 17.8. The molecule has 1 amide bonds. The largest absolute Gasteiger partial charge is 0.497 e. The molecule has 0 fully saturated rings. The molecule has 2 aromatic carbocycles. The average Bonchev–Trinajstić information content (AvgIpc) is 2.62. The third kappa shape index (κ3) is 5.28. The first-order valence-corrected chi connectivity index (χ1v) is 7.99. The van der Waals surface area contributed by atoms with Gasteiger partial charge in [0.1, 0.15) is 5.75 Å². The summed E-state index contributed by atoms with van der Waals surface area (Å²) in [5, 5.41) is 7.89. The van der Waals surface area contributed by atoms with Crippen LogP contribution < -0.4 is 15.5 Å². The van der Waals surface area contributed by atoms with Crippen molar-refractivity contribution in [3.05, 3.63) is 59.1 Å². The van der Waals surface area contributed by atoms with E-state index < -0.39 is 0 Å². The minimum atomic E-state index is -0.224. The molecule has 0 unspecified atom stereocenters. The standard InChI is InChI=1S/C18H20ClN3O2/c1-3-17(13-7-9-14(19)10-8-13)21-22-18(23)12-20-15-5-4-6-16(11-15)24-2/h4-11,20H,3,12H2,1-2H3,(H,22,23)/b21-17-. The zero-order valence-electron chi connectivity index (χ0n) is 13.7. The van der Waals surface area contributed by atoms with Gasteiger partial charge in [-0.25, -0.2) is 5.43 Å². The van der Waals surface area contributed by atoms with E-state index in [0.29, 0.717) is 11.4 Å². The molecule has 0 aliphatic rings. The molecule has 0 atom stereocenters. The third-order valence-electron chi connectivity index (χ3n) is 3.35. The number of hydrazone groups is 1. The van der Waals surface area contributed by atoms with Crippen LogP contribution in [-0.2, 0) is 4.79 Å². The summed E-state index contributed by atoms with van der Waals surface area (Å²) in [6.07, 6.45) is 0.700. The SMILES string of the molecule is CC/C(=N/NC(=O)CNc1cccc(OC)c1)c1ccc(Cl)cc1. The number of methoxy groups -OCH3 is 1. The summed E-state index contributed by atoms with van der Waals surface area (Å²) in [5.41, 5.74) is 5.10. The molecule has 6 heteroatoms. The molecule has 2 rings (SSSR count). The number of hydrogen-bond donors (Lipinski definition) is 2. The van der Waals surface area contributed by atoms with Gasteiger partial charge in [-0.05, 0) is 36.2 Å². The number of benzene rings is 2. The van der Waals surface area contributed by atoms with Gasteiger partial charge in [0.25, 0.3) is 5.91 Å². The summed E-state index contributed by atoms with van der Waals surface area (Å²) in [4.78, 5) is 11.9. The van der Waals surface area contributed by atoms with E-state index in [9.17, 15) is 4.79 Å². The molecule has 0 saturated carbocycles. The third-order valence-corrected chi connectivity index (χ3v) is 3.60. The number of carbonyl (C=O) groups excluding carboxylic acids is 1. The number of ether oxygens (including phenoxy) is 1. The smallest absolute Gasteiger partial charge is 0.259 e. The monoisotopic (exact) mass is 345 g/mol. The lowest BCUT2D eigenvalue weighted by molar-refractivity contribution is -0.119. The highest BCUT2D eigenvalue weighted by Gasteiger charge is 2.04. The zero-order chi connectivity index (χ0) is 17.4. The molecule has 5 nitrogen and oxygen atoms in total. The summed E-state index contributed by atoms with van der Waals surface area (Å²) < 4.78 is 5.14. The molecule has 24 heavy (non-hydrogen) atoms. The second-order valence-corrected chi connectivity index (χ2v) is 5.48. The van der Waals surface area contributed by atoms with Gasteiger partial charge < -0.3 is 10.1 Å². The van der Waals surface area contributed by atoms with Gasteiger partial charge in [0.15, 0.2) is 0 Å². The molecule has 0 radical (unpaired) electrons. The normalized spacial score (nSPS) is 11.0. The Labute approximate surface area is 146 Å². The van der Waals surface area contributed by atoms with E-state index in [4.69, 9.17) is 16.3 Å². The maximum Gasteiger partial charge on any atom is 0.259 e. The molecule has 2 N–H and O–H groups in total. The molecular formula is C18H20ClN3O2. The summed E-state index contributed by atoms with van der Waals surface area (Å²) in [7, 11) is 1.60. The predicted octanol–water partition coefficient (Wildman–Crippen LogP) is 3.69. The number of rotatable bonds is 7. The number of anilines is 1. The topological polar surface area (TPSA) is 62.7 Å². The van der Waals surface area contributed by atoms with Crippen LogP contribution in [0.15, 0.2) is 53.6 Å². The van der Waals surface area contributed by atoms with E-state index >= 15 is 0 Å². The Bertz CT molecular complexity index is 714. The van der Waals surface area contributed by atoms with Gasteiger partial charge in [-0.15, -0.1) is 0 Å². The molecule has 0 aliphatic carbocycles. The lowest BCUT2D eigenvalue weighted by Gasteiger charge is -2.08. The van der Waals surface area contributed by atoms with Gasteiger partial charge in [0.05, 0.1) is 19.4 Å². The van der Waals surface area contributed by atoms with E-state index in [1.54, 1.807) is 19.2 Å². The number of nitrogens with one attached hydrogen (secondary N) is 2. The Morgan fingerprint density at radius 3 is 2.62 bits per heavy atom. The summed E-state index contributed by atoms with van der Waals surface area (Å²) >= 11 is 5.88. The fraction of sp³-hybridized carbons (Fsp3) is 0.222. The van der Waals surface area contributed by atoms with E-state index in [-0.39, 0.29) is 12.5 Å². The zero-order valence-corrected chi connectivity index (χ0v) is 14.4. The minimum absolute atomic E-state index is 0.119. The van der Waals surface area contributed by atoms with Crippen molar-refractivity contribution >= 4 is 28.9 Å². The first-order valence-electron chi connectivity index (χ1n) is 7.61. The molecule has 0 spiro atoms. The Balaban J connectivity index is 1.91. The lowest BCUT2D eigenvalue weighted by Crippen LogP contribution is -2.27. The van der Waals surface area contributed by atoms with Crippen molar-refractivity contribution in [2.24, 2.45) is 5.10 Å². The number of carbonyl (C=O) groups is 1. The highest BCUT2D eigenvalue weighted by atomic mass is 35.5. The van der Waals surface area contributed by atoms with Crippen LogP contribution in [0.3, 0.4) is 0 Å². The Morgan fingerprint density at radius 1 is 1.21 bits per heavy atom. The minimum Gasteiger partial charge on any atom is -0.497 e. The molecule has 0 bridgehead atoms. The number of nitrogens with zero attached hydrogens (tertiary/aromatic N) is 1. The molecule has 0 aromatic heterocycles. The maximum absolute atomic E-state index is 11.9. The van der Waals surface area contributed by atoms with Crippen molar-refractivity contribution in [1.82, 2.24) is 5.43 Å². The molecule has 0 aliphatic heterocycles. The highest BCUT2D eigenvalue weighted by molar-refractivity contribution is 6.30. The second kappa shape index (κ2) is 8.93. The van der Waals surface area contributed by atoms with Crippen molar-refractivity contribution in [1.29, 1.82) is 0 Å². The molecule has 0 heterocycles. The summed E-state index contributed by atoms with van der Waals surface area (Å²) in [6.45, 7) is 2.10. The number of amides is 1. The fourth-order valence-electron chi connectivity index (χ4n) is 2.07. The molecule has 126 valence electrons. The van der Waals surface area contributed by atoms with Crippen LogP contribution in [0.2, 0.25) is 5.02 Å². The van der Waals surface area contributed by atoms with Crippen LogP contribution in [0, 0.1) is 0 Å². The van der Waals surface area contributed by atoms with Gasteiger partial charge in [-0.3, -0.25) is 4.79 Å². The van der Waals surface area contributed by atoms with Crippen molar-refractivity contribution < 1.29 is 9.53 Å². The Morgan fingerprint density at radius 2 is 1.96 bits per heavy atom. The summed E-state index contributed by atoms with van der Waals surface area (Å²) in [5.74, 6) is 0.507. The van der Waals surface area contributed by atoms with Crippen LogP contribution in [-0.4, -0.2) is 25.3 Å². The van der Waals surface area contributed by atoms with Gasteiger partial charge in [0.2, 0.25) is 0 Å². The highest BCUT2D eigenvalue weighted by Crippen LogP contribution is 2.16. The van der Waals surface area contributed by atoms with E-state index in [1.807, 2.05) is 43.3 Å². The molecule has 0 saturated heterocycles. The number of hydrogen-bond acceptors (Lipinski definition) is 4. The van der Waals surface area contributed by atoms with Crippen LogP contribution in [0.1, 0.15) is 18.9 Å². The second-order valence-electron chi connectivity index (χ2n) is 5.04. The first-order chi connectivity index (χ1) is 11.6. The van der Waals surface area contributed by atoms with Gasteiger partial charge in [-0.1, -0.05) is 36.7 Å². The van der Waals surface area contributed by atoms with Crippen molar-refractivity contribution in [2.45, 2.75) is 13.3 Å². The van der Waals surface area contributed by atoms with E-state index in [0.717, 1.165) is 22.7 Å².